The van der Waals surface area contributed by atoms with Crippen LogP contribution < -0.4 is 5.32 Å². The smallest absolute Gasteiger partial charge is 0.303 e. The van der Waals surface area contributed by atoms with Crippen molar-refractivity contribution in [2.45, 2.75) is 58.9 Å². The number of hydrogen-bond donors (Lipinski definition) is 2. The van der Waals surface area contributed by atoms with Crippen molar-refractivity contribution < 1.29 is 14.7 Å². The van der Waals surface area contributed by atoms with Crippen molar-refractivity contribution in [1.82, 2.24) is 4.57 Å². The SMILES string of the molecule is CCCCC(CC)C(=O)Nc1ccc2ccn(CC=CCCC(=O)O)c2c1. The molecule has 2 aromatic rings. The van der Waals surface area contributed by atoms with Gasteiger partial charge in [-0.1, -0.05) is 44.9 Å². The van der Waals surface area contributed by atoms with Crippen LogP contribution in [0.3, 0.4) is 0 Å². The van der Waals surface area contributed by atoms with E-state index in [4.69, 9.17) is 5.11 Å². The van der Waals surface area contributed by atoms with Gasteiger partial charge >= 0.3 is 5.97 Å². The summed E-state index contributed by atoms with van der Waals surface area (Å²) in [6.45, 7) is 4.88. The lowest BCUT2D eigenvalue weighted by atomic mass is 9.98. The fraction of sp³-hybridized carbons (Fsp3) is 0.455. The fourth-order valence-corrected chi connectivity index (χ4v) is 3.15. The first-order valence-electron chi connectivity index (χ1n) is 9.81. The number of aromatic nitrogens is 1. The zero-order chi connectivity index (χ0) is 19.6. The minimum Gasteiger partial charge on any atom is -0.481 e. The van der Waals surface area contributed by atoms with Gasteiger partial charge in [-0.25, -0.2) is 0 Å². The summed E-state index contributed by atoms with van der Waals surface area (Å²) in [6.07, 6.45) is 10.5. The number of hydrogen-bond acceptors (Lipinski definition) is 2. The molecule has 1 aromatic carbocycles. The lowest BCUT2D eigenvalue weighted by Crippen LogP contribution is -2.22. The number of allylic oxidation sites excluding steroid dienone is 2. The van der Waals surface area contributed by atoms with Crippen LogP contribution in [0.2, 0.25) is 0 Å². The van der Waals surface area contributed by atoms with Crippen LogP contribution in [0.4, 0.5) is 5.69 Å². The number of nitrogens with zero attached hydrogens (tertiary/aromatic N) is 1. The third-order valence-corrected chi connectivity index (χ3v) is 4.80. The molecule has 5 heteroatoms. The first-order chi connectivity index (χ1) is 13.0. The molecular weight excluding hydrogens is 340 g/mol. The second kappa shape index (κ2) is 10.6. The van der Waals surface area contributed by atoms with Crippen molar-refractivity contribution in [2.24, 2.45) is 5.92 Å². The van der Waals surface area contributed by atoms with Crippen LogP contribution >= 0.6 is 0 Å². The maximum atomic E-state index is 12.5. The first-order valence-corrected chi connectivity index (χ1v) is 9.81. The van der Waals surface area contributed by atoms with Crippen LogP contribution in [-0.2, 0) is 16.1 Å². The van der Waals surface area contributed by atoms with E-state index < -0.39 is 5.97 Å². The summed E-state index contributed by atoms with van der Waals surface area (Å²) in [4.78, 5) is 23.1. The third kappa shape index (κ3) is 6.27. The predicted molar refractivity (Wildman–Crippen MR) is 110 cm³/mol. The van der Waals surface area contributed by atoms with Crippen molar-refractivity contribution in [3.63, 3.8) is 0 Å². The van der Waals surface area contributed by atoms with Gasteiger partial charge in [0.05, 0.1) is 5.52 Å². The summed E-state index contributed by atoms with van der Waals surface area (Å²) >= 11 is 0. The normalized spacial score (nSPS) is 12.5. The maximum Gasteiger partial charge on any atom is 0.303 e. The second-order valence-corrected chi connectivity index (χ2v) is 6.88. The van der Waals surface area contributed by atoms with Crippen LogP contribution in [0.15, 0.2) is 42.6 Å². The highest BCUT2D eigenvalue weighted by Crippen LogP contribution is 2.22. The summed E-state index contributed by atoms with van der Waals surface area (Å²) in [5, 5.41) is 12.9. The summed E-state index contributed by atoms with van der Waals surface area (Å²) in [5.74, 6) is -0.627. The number of carbonyl (C=O) groups is 2. The van der Waals surface area contributed by atoms with Gasteiger partial charge in [0.15, 0.2) is 0 Å². The lowest BCUT2D eigenvalue weighted by molar-refractivity contribution is -0.136. The van der Waals surface area contributed by atoms with Gasteiger partial charge in [0.1, 0.15) is 0 Å². The highest BCUT2D eigenvalue weighted by atomic mass is 16.4. The Morgan fingerprint density at radius 3 is 2.74 bits per heavy atom. The second-order valence-electron chi connectivity index (χ2n) is 6.88. The van der Waals surface area contributed by atoms with Crippen molar-refractivity contribution >= 4 is 28.5 Å². The summed E-state index contributed by atoms with van der Waals surface area (Å²) in [7, 11) is 0. The molecule has 0 aliphatic rings. The van der Waals surface area contributed by atoms with Gasteiger partial charge in [-0.3, -0.25) is 9.59 Å². The fourth-order valence-electron chi connectivity index (χ4n) is 3.15. The summed E-state index contributed by atoms with van der Waals surface area (Å²) < 4.78 is 2.09. The number of amides is 1. The molecule has 1 atom stereocenters. The van der Waals surface area contributed by atoms with E-state index in [1.54, 1.807) is 0 Å². The Morgan fingerprint density at radius 2 is 2.04 bits per heavy atom. The molecule has 0 bridgehead atoms. The number of benzene rings is 1. The molecule has 1 heterocycles. The van der Waals surface area contributed by atoms with Crippen molar-refractivity contribution in [2.75, 3.05) is 5.32 Å². The number of aliphatic carboxylic acids is 1. The number of carboxylic acids is 1. The number of nitrogens with one attached hydrogen (secondary N) is 1. The minimum atomic E-state index is -0.782. The molecule has 2 rings (SSSR count). The van der Waals surface area contributed by atoms with Gasteiger partial charge in [0, 0.05) is 30.8 Å². The first kappa shape index (κ1) is 20.7. The molecule has 0 spiro atoms. The standard InChI is InChI=1S/C22H30N2O3/c1-3-5-9-17(4-2)22(27)23-19-12-11-18-13-15-24(20(18)16-19)14-8-6-7-10-21(25)26/h6,8,11-13,15-17H,3-5,7,9-10,14H2,1-2H3,(H,23,27)(H,25,26). The maximum absolute atomic E-state index is 12.5. The zero-order valence-electron chi connectivity index (χ0n) is 16.3. The van der Waals surface area contributed by atoms with Gasteiger partial charge in [0.25, 0.3) is 0 Å². The van der Waals surface area contributed by atoms with Crippen LogP contribution in [0.25, 0.3) is 10.9 Å². The van der Waals surface area contributed by atoms with Gasteiger partial charge < -0.3 is 15.0 Å². The number of fused-ring (bicyclic) bond motifs is 1. The van der Waals surface area contributed by atoms with E-state index in [2.05, 4.69) is 23.7 Å². The van der Waals surface area contributed by atoms with Crippen molar-refractivity contribution in [3.8, 4) is 0 Å². The molecule has 0 aliphatic heterocycles. The number of carbonyl (C=O) groups excluding carboxylic acids is 1. The van der Waals surface area contributed by atoms with E-state index >= 15 is 0 Å². The molecule has 2 N–H and O–H groups in total. The molecule has 27 heavy (non-hydrogen) atoms. The van der Waals surface area contributed by atoms with Crippen LogP contribution in [0.5, 0.6) is 0 Å². The summed E-state index contributed by atoms with van der Waals surface area (Å²) in [6, 6.07) is 8.01. The molecule has 1 amide bonds. The van der Waals surface area contributed by atoms with E-state index in [-0.39, 0.29) is 18.2 Å². The number of carboxylic acid groups (broad SMARTS) is 1. The molecule has 0 radical (unpaired) electrons. The number of anilines is 1. The van der Waals surface area contributed by atoms with Crippen LogP contribution in [0.1, 0.15) is 52.4 Å². The Morgan fingerprint density at radius 1 is 1.22 bits per heavy atom. The monoisotopic (exact) mass is 370 g/mol. The Balaban J connectivity index is 2.04. The molecule has 5 nitrogen and oxygen atoms in total. The molecule has 0 saturated heterocycles. The van der Waals surface area contributed by atoms with E-state index in [0.717, 1.165) is 42.3 Å². The number of unbranched alkanes of at least 4 members (excludes halogenated alkanes) is 1. The lowest BCUT2D eigenvalue weighted by Gasteiger charge is -2.15. The van der Waals surface area contributed by atoms with Crippen LogP contribution in [-0.4, -0.2) is 21.6 Å². The highest BCUT2D eigenvalue weighted by Gasteiger charge is 2.16. The predicted octanol–water partition coefficient (Wildman–Crippen LogP) is 5.22. The highest BCUT2D eigenvalue weighted by molar-refractivity contribution is 5.95. The average Bonchev–Trinajstić information content (AvgIpc) is 3.04. The zero-order valence-corrected chi connectivity index (χ0v) is 16.3. The van der Waals surface area contributed by atoms with E-state index in [9.17, 15) is 9.59 Å². The number of rotatable bonds is 11. The Kier molecular flexibility index (Phi) is 8.11. The average molecular weight is 370 g/mol. The van der Waals surface area contributed by atoms with Gasteiger partial charge in [-0.05, 0) is 42.8 Å². The van der Waals surface area contributed by atoms with Gasteiger partial charge in [-0.2, -0.15) is 0 Å². The van der Waals surface area contributed by atoms with Crippen molar-refractivity contribution in [3.05, 3.63) is 42.6 Å². The summed E-state index contributed by atoms with van der Waals surface area (Å²) in [5.41, 5.74) is 1.87. The quantitative estimate of drug-likeness (QED) is 0.533. The van der Waals surface area contributed by atoms with E-state index in [1.807, 2.05) is 42.6 Å². The van der Waals surface area contributed by atoms with E-state index in [1.165, 1.54) is 0 Å². The Bertz CT molecular complexity index is 792. The van der Waals surface area contributed by atoms with E-state index in [0.29, 0.717) is 13.0 Å². The van der Waals surface area contributed by atoms with Crippen LogP contribution in [0, 0.1) is 5.92 Å². The molecule has 1 aromatic heterocycles. The molecule has 146 valence electrons. The molecular formula is C22H30N2O3. The van der Waals surface area contributed by atoms with Gasteiger partial charge in [-0.15, -0.1) is 0 Å². The molecule has 0 saturated carbocycles. The Labute approximate surface area is 161 Å². The largest absolute Gasteiger partial charge is 0.481 e. The minimum absolute atomic E-state index is 0.0598. The molecule has 0 fully saturated rings. The Hall–Kier alpha value is -2.56. The third-order valence-electron chi connectivity index (χ3n) is 4.80. The van der Waals surface area contributed by atoms with Crippen molar-refractivity contribution in [1.29, 1.82) is 0 Å². The van der Waals surface area contributed by atoms with Gasteiger partial charge in [0.2, 0.25) is 5.91 Å². The topological polar surface area (TPSA) is 71.3 Å². The molecule has 0 aliphatic carbocycles. The molecule has 1 unspecified atom stereocenters.